The summed E-state index contributed by atoms with van der Waals surface area (Å²) < 4.78 is 17.5. The van der Waals surface area contributed by atoms with Crippen LogP contribution in [0.1, 0.15) is 201 Å². The SMILES string of the molecule is CC/C=C/C=C/C=C/C=C\CCCCCCC(O)C(=O)NC(COC1OC(CO)C(O)C(O)C1OC(=O)CCCCCCCCC/C=C/C/C=C/CC)C(O)/C=C/CCCCCCCCCCC. The molecule has 1 heterocycles. The normalized spacial score (nSPS) is 20.6. The minimum absolute atomic E-state index is 0.107. The molecule has 1 aliphatic heterocycles. The fraction of sp³-hybridized carbons (Fsp3) is 0.719. The van der Waals surface area contributed by atoms with Crippen molar-refractivity contribution in [2.75, 3.05) is 13.2 Å². The smallest absolute Gasteiger partial charge is 0.306 e. The van der Waals surface area contributed by atoms with Crippen molar-refractivity contribution < 1.29 is 49.3 Å². The second-order valence-electron chi connectivity index (χ2n) is 18.3. The largest absolute Gasteiger partial charge is 0.454 e. The minimum atomic E-state index is -1.62. The Morgan fingerprint density at radius 1 is 0.603 bits per heavy atom. The summed E-state index contributed by atoms with van der Waals surface area (Å²) in [4.78, 5) is 26.4. The molecule has 11 nitrogen and oxygen atoms in total. The molecule has 1 saturated heterocycles. The van der Waals surface area contributed by atoms with Crippen LogP contribution < -0.4 is 5.32 Å². The Kier molecular flexibility index (Phi) is 41.6. The fourth-order valence-electron chi connectivity index (χ4n) is 7.87. The zero-order chi connectivity index (χ0) is 49.7. The number of aliphatic hydroxyl groups is 5. The molecule has 68 heavy (non-hydrogen) atoms. The first-order valence-electron chi connectivity index (χ1n) is 26.9. The van der Waals surface area contributed by atoms with Crippen LogP contribution in [-0.2, 0) is 23.8 Å². The van der Waals surface area contributed by atoms with E-state index in [0.29, 0.717) is 12.8 Å². The van der Waals surface area contributed by atoms with Gasteiger partial charge >= 0.3 is 5.97 Å². The maximum absolute atomic E-state index is 13.3. The summed E-state index contributed by atoms with van der Waals surface area (Å²) in [5.41, 5.74) is 0. The van der Waals surface area contributed by atoms with Gasteiger partial charge in [-0.2, -0.15) is 0 Å². The second-order valence-corrected chi connectivity index (χ2v) is 18.3. The zero-order valence-corrected chi connectivity index (χ0v) is 42.7. The molecule has 1 fully saturated rings. The van der Waals surface area contributed by atoms with E-state index in [4.69, 9.17) is 14.2 Å². The summed E-state index contributed by atoms with van der Waals surface area (Å²) in [7, 11) is 0. The molecule has 0 aliphatic carbocycles. The molecule has 8 atom stereocenters. The van der Waals surface area contributed by atoms with Gasteiger partial charge in [0.15, 0.2) is 12.4 Å². The van der Waals surface area contributed by atoms with Gasteiger partial charge in [0.1, 0.15) is 24.4 Å². The lowest BCUT2D eigenvalue weighted by molar-refractivity contribution is -0.305. The molecule has 390 valence electrons. The van der Waals surface area contributed by atoms with Crippen molar-refractivity contribution in [1.82, 2.24) is 5.32 Å². The Bertz CT molecular complexity index is 1420. The van der Waals surface area contributed by atoms with Crippen LogP contribution in [0, 0.1) is 0 Å². The molecule has 0 aromatic rings. The number of hydrogen-bond acceptors (Lipinski definition) is 10. The maximum Gasteiger partial charge on any atom is 0.306 e. The first-order valence-corrected chi connectivity index (χ1v) is 26.9. The highest BCUT2D eigenvalue weighted by Crippen LogP contribution is 2.26. The average molecular weight is 956 g/mol. The Morgan fingerprint density at radius 3 is 1.75 bits per heavy atom. The molecule has 11 heteroatoms. The van der Waals surface area contributed by atoms with Crippen molar-refractivity contribution in [3.8, 4) is 0 Å². The third-order valence-corrected chi connectivity index (χ3v) is 12.1. The van der Waals surface area contributed by atoms with Crippen LogP contribution in [0.2, 0.25) is 0 Å². The monoisotopic (exact) mass is 956 g/mol. The number of rotatable bonds is 43. The van der Waals surface area contributed by atoms with Gasteiger partial charge in [-0.1, -0.05) is 209 Å². The van der Waals surface area contributed by atoms with Crippen LogP contribution in [0.15, 0.2) is 85.1 Å². The van der Waals surface area contributed by atoms with Gasteiger partial charge in [-0.25, -0.2) is 0 Å². The number of hydrogen-bond donors (Lipinski definition) is 6. The number of aliphatic hydroxyl groups excluding tert-OH is 5. The predicted molar refractivity (Wildman–Crippen MR) is 278 cm³/mol. The molecular formula is C57H97NO10. The summed E-state index contributed by atoms with van der Waals surface area (Å²) in [6, 6.07) is -1.04. The van der Waals surface area contributed by atoms with Gasteiger partial charge in [0, 0.05) is 6.42 Å². The summed E-state index contributed by atoms with van der Waals surface area (Å²) in [5, 5.41) is 56.6. The molecule has 1 rings (SSSR count). The molecular weight excluding hydrogens is 859 g/mol. The Labute approximate surface area is 413 Å². The summed E-state index contributed by atoms with van der Waals surface area (Å²) >= 11 is 0. The van der Waals surface area contributed by atoms with Gasteiger partial charge in [0.2, 0.25) is 5.91 Å². The van der Waals surface area contributed by atoms with Crippen molar-refractivity contribution in [2.24, 2.45) is 0 Å². The highest BCUT2D eigenvalue weighted by atomic mass is 16.7. The Hall–Kier alpha value is -3.16. The van der Waals surface area contributed by atoms with Gasteiger partial charge in [0.05, 0.1) is 25.4 Å². The second kappa shape index (κ2) is 45.0. The van der Waals surface area contributed by atoms with Crippen LogP contribution in [0.3, 0.4) is 0 Å². The highest BCUT2D eigenvalue weighted by Gasteiger charge is 2.47. The maximum atomic E-state index is 13.3. The summed E-state index contributed by atoms with van der Waals surface area (Å²) in [5.74, 6) is -1.24. The van der Waals surface area contributed by atoms with E-state index < -0.39 is 67.4 Å². The van der Waals surface area contributed by atoms with Gasteiger partial charge < -0.3 is 45.1 Å². The van der Waals surface area contributed by atoms with E-state index in [-0.39, 0.29) is 19.4 Å². The summed E-state index contributed by atoms with van der Waals surface area (Å²) in [6.45, 7) is 5.48. The average Bonchev–Trinajstić information content (AvgIpc) is 3.33. The first-order chi connectivity index (χ1) is 33.2. The third kappa shape index (κ3) is 33.4. The summed E-state index contributed by atoms with van der Waals surface area (Å²) in [6.07, 6.45) is 46.3. The molecule has 8 unspecified atom stereocenters. The van der Waals surface area contributed by atoms with Gasteiger partial charge in [0.25, 0.3) is 0 Å². The number of nitrogens with one attached hydrogen (secondary N) is 1. The van der Waals surface area contributed by atoms with Crippen molar-refractivity contribution in [2.45, 2.75) is 250 Å². The number of allylic oxidation sites excluding steroid dienone is 13. The molecule has 1 amide bonds. The Morgan fingerprint density at radius 2 is 1.13 bits per heavy atom. The number of ether oxygens (including phenoxy) is 3. The lowest BCUT2D eigenvalue weighted by Crippen LogP contribution is -2.61. The molecule has 0 radical (unpaired) electrons. The van der Waals surface area contributed by atoms with E-state index in [1.165, 1.54) is 44.9 Å². The lowest BCUT2D eigenvalue weighted by Gasteiger charge is -2.41. The van der Waals surface area contributed by atoms with Crippen LogP contribution in [0.5, 0.6) is 0 Å². The number of carbonyl (C=O) groups is 2. The van der Waals surface area contributed by atoms with Crippen LogP contribution in [0.4, 0.5) is 0 Å². The molecule has 0 saturated carbocycles. The van der Waals surface area contributed by atoms with Crippen molar-refractivity contribution in [1.29, 1.82) is 0 Å². The minimum Gasteiger partial charge on any atom is -0.454 e. The van der Waals surface area contributed by atoms with Crippen molar-refractivity contribution in [3.05, 3.63) is 85.1 Å². The van der Waals surface area contributed by atoms with Crippen LogP contribution in [0.25, 0.3) is 0 Å². The topological polar surface area (TPSA) is 175 Å². The Balaban J connectivity index is 2.78. The fourth-order valence-corrected chi connectivity index (χ4v) is 7.87. The van der Waals surface area contributed by atoms with E-state index in [0.717, 1.165) is 109 Å². The molecule has 1 aliphatic rings. The van der Waals surface area contributed by atoms with E-state index in [1.54, 1.807) is 6.08 Å². The lowest BCUT2D eigenvalue weighted by atomic mass is 9.99. The van der Waals surface area contributed by atoms with Crippen molar-refractivity contribution >= 4 is 11.9 Å². The standard InChI is InChI=1S/C57H97NO10/c1-4-7-10-13-16-19-22-24-26-29-32-35-38-41-44-50(61)56(65)58-48(49(60)43-40-37-34-31-28-21-18-15-12-9-6-3)47-66-57-55(54(64)53(63)51(46-59)67-57)68-52(62)45-42-39-36-33-30-27-25-23-20-17-14-11-8-5-2/h7-8,10-11,13,16-17,19-20,22,24,26,40,43,48-51,53-55,57,59-61,63-64H,4-6,9,12,14-15,18,21,23,25,27-39,41-42,44-47H2,1-3H3,(H,58,65)/b10-7+,11-8+,16-13+,20-17+,22-19+,26-24-,43-40+. The molecule has 0 bridgehead atoms. The van der Waals surface area contributed by atoms with E-state index >= 15 is 0 Å². The highest BCUT2D eigenvalue weighted by molar-refractivity contribution is 5.80. The molecule has 0 aromatic heterocycles. The van der Waals surface area contributed by atoms with E-state index in [9.17, 15) is 35.1 Å². The number of carbonyl (C=O) groups excluding carboxylic acids is 2. The number of amides is 1. The third-order valence-electron chi connectivity index (χ3n) is 12.1. The van der Waals surface area contributed by atoms with E-state index in [1.807, 2.05) is 42.5 Å². The van der Waals surface area contributed by atoms with E-state index in [2.05, 4.69) is 62.5 Å². The van der Waals surface area contributed by atoms with Crippen LogP contribution >= 0.6 is 0 Å². The van der Waals surface area contributed by atoms with Gasteiger partial charge in [-0.15, -0.1) is 0 Å². The molecule has 0 spiro atoms. The van der Waals surface area contributed by atoms with Crippen LogP contribution in [-0.4, -0.2) is 99.6 Å². The number of unbranched alkanes of at least 4 members (excludes halogenated alkanes) is 20. The zero-order valence-electron chi connectivity index (χ0n) is 42.7. The molecule has 6 N–H and O–H groups in total. The van der Waals surface area contributed by atoms with Gasteiger partial charge in [-0.05, 0) is 70.6 Å². The predicted octanol–water partition coefficient (Wildman–Crippen LogP) is 11.4. The number of esters is 1. The first kappa shape index (κ1) is 62.9. The van der Waals surface area contributed by atoms with Gasteiger partial charge in [-0.3, -0.25) is 9.59 Å². The molecule has 0 aromatic carbocycles. The van der Waals surface area contributed by atoms with Crippen molar-refractivity contribution in [3.63, 3.8) is 0 Å². The quantitative estimate of drug-likeness (QED) is 0.0149.